The number of nitrogens with zero attached hydrogens (tertiary/aromatic N) is 4. The highest BCUT2D eigenvalue weighted by atomic mass is 32.2. The molecule has 0 radical (unpaired) electrons. The summed E-state index contributed by atoms with van der Waals surface area (Å²) in [5.74, 6) is -0.295. The van der Waals surface area contributed by atoms with E-state index in [-0.39, 0.29) is 16.3 Å². The van der Waals surface area contributed by atoms with Crippen molar-refractivity contribution >= 4 is 55.8 Å². The summed E-state index contributed by atoms with van der Waals surface area (Å²) in [5.41, 5.74) is 3.83. The number of phenols is 1. The Morgan fingerprint density at radius 2 is 1.47 bits per heavy atom. The van der Waals surface area contributed by atoms with Crippen molar-refractivity contribution in [2.45, 2.75) is 11.8 Å². The normalized spacial score (nSPS) is 12.3. The molecule has 0 unspecified atom stereocenters. The smallest absolute Gasteiger partial charge is 0.299 e. The Morgan fingerprint density at radius 3 is 2.03 bits per heavy atom. The van der Waals surface area contributed by atoms with E-state index < -0.39 is 10.1 Å². The van der Waals surface area contributed by atoms with Gasteiger partial charge in [-0.1, -0.05) is 36.4 Å². The van der Waals surface area contributed by atoms with Gasteiger partial charge in [-0.05, 0) is 72.0 Å². The number of azo groups is 2. The number of fused-ring (bicyclic) bond motifs is 1. The second-order valence-electron chi connectivity index (χ2n) is 8.18. The van der Waals surface area contributed by atoms with Gasteiger partial charge in [0.05, 0.1) is 18.5 Å². The third-order valence-corrected chi connectivity index (χ3v) is 6.94. The predicted molar refractivity (Wildman–Crippen MR) is 150 cm³/mol. The molecule has 0 aliphatic rings. The van der Waals surface area contributed by atoms with Crippen LogP contribution in [0.15, 0.2) is 98.1 Å². The molecule has 2 N–H and O–H groups in total. The molecule has 0 amide bonds. The van der Waals surface area contributed by atoms with Crippen molar-refractivity contribution in [2.24, 2.45) is 20.5 Å². The minimum atomic E-state index is -4.17. The van der Waals surface area contributed by atoms with E-state index in [0.717, 1.165) is 29.6 Å². The minimum absolute atomic E-state index is 0.189. The predicted octanol–water partition coefficient (Wildman–Crippen LogP) is 7.61. The van der Waals surface area contributed by atoms with Crippen molar-refractivity contribution in [3.05, 3.63) is 83.9 Å². The van der Waals surface area contributed by atoms with Gasteiger partial charge >= 0.3 is 0 Å². The van der Waals surface area contributed by atoms with Crippen molar-refractivity contribution in [1.82, 2.24) is 0 Å². The molecular weight excluding hydrogens is 502 g/mol. The Balaban J connectivity index is 1.62. The monoisotopic (exact) mass is 529 g/mol. The summed E-state index contributed by atoms with van der Waals surface area (Å²) in [5, 5.41) is 31.1. The van der Waals surface area contributed by atoms with E-state index in [0.29, 0.717) is 23.0 Å². The van der Waals surface area contributed by atoms with E-state index in [1.165, 1.54) is 6.07 Å². The van der Waals surface area contributed by atoms with Gasteiger partial charge in [0.15, 0.2) is 5.75 Å². The molecule has 0 bridgehead atoms. The van der Waals surface area contributed by atoms with Crippen LogP contribution in [-0.2, 0) is 14.3 Å². The molecule has 194 valence electrons. The lowest BCUT2D eigenvalue weighted by Crippen LogP contribution is -2.03. The summed E-state index contributed by atoms with van der Waals surface area (Å²) >= 11 is 0. The molecule has 9 nitrogen and oxygen atoms in total. The maximum absolute atomic E-state index is 12.7. The SMILES string of the molecule is CCNc1ccc2c(O)c(N=Nc3ccc(C=Cc4ccc(N=NC)cc4)cc3)c(S(=O)(=O)OC)cc2c1. The minimum Gasteiger partial charge on any atom is -0.505 e. The number of rotatable bonds is 9. The van der Waals surface area contributed by atoms with E-state index in [2.05, 4.69) is 25.8 Å². The zero-order valence-corrected chi connectivity index (χ0v) is 22.0. The summed E-state index contributed by atoms with van der Waals surface area (Å²) in [7, 11) is -1.49. The molecule has 0 saturated heterocycles. The Bertz CT molecular complexity index is 1630. The highest BCUT2D eigenvalue weighted by Gasteiger charge is 2.24. The molecule has 0 saturated carbocycles. The van der Waals surface area contributed by atoms with Crippen molar-refractivity contribution < 1.29 is 17.7 Å². The summed E-state index contributed by atoms with van der Waals surface area (Å²) in [6.07, 6.45) is 3.93. The molecule has 0 aromatic heterocycles. The maximum atomic E-state index is 12.7. The summed E-state index contributed by atoms with van der Waals surface area (Å²) in [4.78, 5) is -0.270. The fraction of sp³-hybridized carbons (Fsp3) is 0.143. The van der Waals surface area contributed by atoms with Gasteiger partial charge in [-0.3, -0.25) is 4.18 Å². The molecule has 0 aliphatic carbocycles. The number of nitrogens with one attached hydrogen (secondary N) is 1. The van der Waals surface area contributed by atoms with E-state index in [4.69, 9.17) is 4.18 Å². The number of phenolic OH excluding ortho intramolecular Hbond substituents is 1. The first-order chi connectivity index (χ1) is 18.3. The molecular formula is C28H27N5O4S. The second-order valence-corrected chi connectivity index (χ2v) is 9.86. The van der Waals surface area contributed by atoms with Crippen molar-refractivity contribution in [3.8, 4) is 5.75 Å². The largest absolute Gasteiger partial charge is 0.505 e. The highest BCUT2D eigenvalue weighted by molar-refractivity contribution is 7.87. The summed E-state index contributed by atoms with van der Waals surface area (Å²) in [6.45, 7) is 2.65. The van der Waals surface area contributed by atoms with Gasteiger partial charge in [0.1, 0.15) is 10.6 Å². The lowest BCUT2D eigenvalue weighted by Gasteiger charge is -2.12. The van der Waals surface area contributed by atoms with E-state index in [1.807, 2.05) is 55.5 Å². The van der Waals surface area contributed by atoms with E-state index in [1.54, 1.807) is 37.4 Å². The maximum Gasteiger partial charge on any atom is 0.299 e. The first kappa shape index (κ1) is 26.6. The first-order valence-corrected chi connectivity index (χ1v) is 13.2. The molecule has 0 fully saturated rings. The van der Waals surface area contributed by atoms with Crippen LogP contribution in [0.3, 0.4) is 0 Å². The van der Waals surface area contributed by atoms with Gasteiger partial charge in [0, 0.05) is 24.7 Å². The molecule has 4 rings (SSSR count). The van der Waals surface area contributed by atoms with Crippen molar-refractivity contribution in [3.63, 3.8) is 0 Å². The van der Waals surface area contributed by atoms with Crippen LogP contribution in [0.5, 0.6) is 5.75 Å². The lowest BCUT2D eigenvalue weighted by molar-refractivity contribution is 0.397. The Labute approximate surface area is 221 Å². The first-order valence-electron chi connectivity index (χ1n) is 11.8. The van der Waals surface area contributed by atoms with Crippen LogP contribution in [0.1, 0.15) is 18.1 Å². The Kier molecular flexibility index (Phi) is 8.25. The Hall–Kier alpha value is -4.41. The molecule has 10 heteroatoms. The third kappa shape index (κ3) is 6.10. The van der Waals surface area contributed by atoms with Gasteiger partial charge in [0.2, 0.25) is 0 Å². The number of benzene rings is 4. The zero-order valence-electron chi connectivity index (χ0n) is 21.2. The molecule has 0 spiro atoms. The Morgan fingerprint density at radius 1 is 0.868 bits per heavy atom. The van der Waals surface area contributed by atoms with E-state index >= 15 is 0 Å². The molecule has 0 aliphatic heterocycles. The second kappa shape index (κ2) is 11.8. The van der Waals surface area contributed by atoms with Gasteiger partial charge in [-0.25, -0.2) is 0 Å². The standard InChI is InChI=1S/C28H27N5O4S/c1-4-30-24-15-16-25-21(17-24)18-26(38(35,36)37-3)27(28(25)34)33-32-23-13-9-20(10-14-23)6-5-19-7-11-22(12-8-19)31-29-2/h5-18,30,34H,4H2,1-3H3. The quantitative estimate of drug-likeness (QED) is 0.131. The topological polar surface area (TPSA) is 125 Å². The van der Waals surface area contributed by atoms with Crippen LogP contribution < -0.4 is 5.32 Å². The van der Waals surface area contributed by atoms with Gasteiger partial charge < -0.3 is 10.4 Å². The van der Waals surface area contributed by atoms with E-state index in [9.17, 15) is 13.5 Å². The van der Waals surface area contributed by atoms with Gasteiger partial charge in [0.25, 0.3) is 10.1 Å². The van der Waals surface area contributed by atoms with Gasteiger partial charge in [-0.2, -0.15) is 23.8 Å². The van der Waals surface area contributed by atoms with Gasteiger partial charge in [-0.15, -0.1) is 5.11 Å². The van der Waals surface area contributed by atoms with Crippen molar-refractivity contribution in [2.75, 3.05) is 26.0 Å². The molecule has 4 aromatic carbocycles. The van der Waals surface area contributed by atoms with Crippen LogP contribution in [0.2, 0.25) is 0 Å². The van der Waals surface area contributed by atoms with Crippen LogP contribution in [-0.4, -0.2) is 34.2 Å². The summed E-state index contributed by atoms with van der Waals surface area (Å²) in [6, 6.07) is 21.6. The molecule has 38 heavy (non-hydrogen) atoms. The average molecular weight is 530 g/mol. The lowest BCUT2D eigenvalue weighted by atomic mass is 10.1. The fourth-order valence-electron chi connectivity index (χ4n) is 3.76. The average Bonchev–Trinajstić information content (AvgIpc) is 2.93. The number of hydrogen-bond acceptors (Lipinski definition) is 9. The van der Waals surface area contributed by atoms with Crippen LogP contribution >= 0.6 is 0 Å². The van der Waals surface area contributed by atoms with Crippen LogP contribution in [0.4, 0.5) is 22.7 Å². The highest BCUT2D eigenvalue weighted by Crippen LogP contribution is 2.42. The number of hydrogen-bond donors (Lipinski definition) is 2. The zero-order chi connectivity index (χ0) is 27.1. The molecule has 0 heterocycles. The van der Waals surface area contributed by atoms with Crippen molar-refractivity contribution in [1.29, 1.82) is 0 Å². The summed E-state index contributed by atoms with van der Waals surface area (Å²) < 4.78 is 30.0. The van der Waals surface area contributed by atoms with Crippen LogP contribution in [0, 0.1) is 0 Å². The number of aromatic hydroxyl groups is 1. The van der Waals surface area contributed by atoms with Crippen LogP contribution in [0.25, 0.3) is 22.9 Å². The third-order valence-electron chi connectivity index (χ3n) is 5.66. The molecule has 4 aromatic rings. The fourth-order valence-corrected chi connectivity index (χ4v) is 4.59. The molecule has 0 atom stereocenters. The number of anilines is 1.